The van der Waals surface area contributed by atoms with Gasteiger partial charge in [-0.15, -0.1) is 0 Å². The van der Waals surface area contributed by atoms with Gasteiger partial charge in [0.15, 0.2) is 0 Å². The summed E-state index contributed by atoms with van der Waals surface area (Å²) in [4.78, 5) is 12.0. The average molecular weight is 1030 g/mol. The lowest BCUT2D eigenvalue weighted by Gasteiger charge is -2.18. The number of hydrogen-bond acceptors (Lipinski definition) is 22. The fraction of sp³-hybridized carbons (Fsp3) is 0.979. The lowest BCUT2D eigenvalue weighted by Crippen LogP contribution is -2.32. The summed E-state index contributed by atoms with van der Waals surface area (Å²) in [5.74, 6) is 0.450. The van der Waals surface area contributed by atoms with Crippen LogP contribution in [-0.4, -0.2) is 255 Å². The highest BCUT2D eigenvalue weighted by molar-refractivity contribution is 5.69. The fourth-order valence-electron chi connectivity index (χ4n) is 6.40. The standard InChI is InChI=1S/C48H96O22/c1-37(2)15-13-11-9-7-5-3-4-6-8-10-12-14-16-48(60)70-36-47(59)35-69-34-46(58)33-68-32-45(57)31-67-30-44(56)29-66-28-43(55)27-65-26-42(54)25-64-24-41(53)23-63-22-40(52)21-62-20-39(51)19-61-18-38(50)17-49/h37-47,49-59H,3-36H2,1-2H3. The maximum Gasteiger partial charge on any atom is 0.305 e. The molecule has 10 unspecified atom stereocenters. The Bertz CT molecular complexity index is 1120. The van der Waals surface area contributed by atoms with Gasteiger partial charge in [0.1, 0.15) is 67.6 Å². The summed E-state index contributed by atoms with van der Waals surface area (Å²) < 4.78 is 52.2. The molecular weight excluding hydrogens is 929 g/mol. The Kier molecular flexibility index (Phi) is 47.7. The summed E-state index contributed by atoms with van der Waals surface area (Å²) in [6, 6.07) is 0. The number of unbranched alkanes of at least 4 members (excludes halogenated alkanes) is 11. The zero-order valence-electron chi connectivity index (χ0n) is 42.3. The van der Waals surface area contributed by atoms with Crippen LogP contribution in [0.5, 0.6) is 0 Å². The number of aliphatic hydroxyl groups is 11. The Morgan fingerprint density at radius 2 is 0.500 bits per heavy atom. The molecule has 22 nitrogen and oxygen atoms in total. The average Bonchev–Trinajstić information content (AvgIpc) is 3.30. The minimum atomic E-state index is -1.06. The van der Waals surface area contributed by atoms with Gasteiger partial charge in [-0.1, -0.05) is 90.9 Å². The number of rotatable bonds is 54. The normalized spacial score (nSPS) is 16.4. The molecule has 0 bridgehead atoms. The lowest BCUT2D eigenvalue weighted by atomic mass is 10.0. The molecule has 0 aliphatic carbocycles. The number of carbonyl (C=O) groups excluding carboxylic acids is 1. The molecule has 22 heteroatoms. The third-order valence-electron chi connectivity index (χ3n) is 10.1. The highest BCUT2D eigenvalue weighted by Gasteiger charge is 2.16. The van der Waals surface area contributed by atoms with Crippen molar-refractivity contribution in [3.8, 4) is 0 Å². The Balaban J connectivity index is 3.71. The van der Waals surface area contributed by atoms with Crippen molar-refractivity contribution in [3.63, 3.8) is 0 Å². The molecule has 0 aliphatic rings. The third kappa shape index (κ3) is 48.9. The summed E-state index contributed by atoms with van der Waals surface area (Å²) in [7, 11) is 0. The molecule has 0 heterocycles. The number of esters is 1. The smallest absolute Gasteiger partial charge is 0.305 e. The van der Waals surface area contributed by atoms with E-state index in [9.17, 15) is 55.9 Å². The van der Waals surface area contributed by atoms with Crippen LogP contribution in [0.4, 0.5) is 0 Å². The highest BCUT2D eigenvalue weighted by Crippen LogP contribution is 2.15. The SMILES string of the molecule is CC(C)CCCCCCCCCCCCCCC(=O)OCC(O)COCC(O)COCC(O)COCC(O)COCC(O)COCC(O)COCC(O)COCC(O)COCC(O)COCC(O)CO. The summed E-state index contributed by atoms with van der Waals surface area (Å²) in [6.45, 7) is 1.00. The molecule has 0 aromatic carbocycles. The van der Waals surface area contributed by atoms with Crippen LogP contribution >= 0.6 is 0 Å². The van der Waals surface area contributed by atoms with E-state index in [-0.39, 0.29) is 132 Å². The Hall–Kier alpha value is -1.33. The van der Waals surface area contributed by atoms with E-state index in [0.717, 1.165) is 25.2 Å². The van der Waals surface area contributed by atoms with Crippen molar-refractivity contribution in [2.24, 2.45) is 5.92 Å². The Labute approximate surface area is 416 Å². The van der Waals surface area contributed by atoms with E-state index < -0.39 is 67.6 Å². The van der Waals surface area contributed by atoms with Crippen LogP contribution in [0.1, 0.15) is 104 Å². The first-order chi connectivity index (χ1) is 33.6. The van der Waals surface area contributed by atoms with Crippen LogP contribution in [0.25, 0.3) is 0 Å². The second-order valence-electron chi connectivity index (χ2n) is 18.4. The quantitative estimate of drug-likeness (QED) is 0.0268. The first-order valence-corrected chi connectivity index (χ1v) is 25.4. The molecule has 0 amide bonds. The second kappa shape index (κ2) is 48.6. The summed E-state index contributed by atoms with van der Waals surface area (Å²) >= 11 is 0. The molecule has 420 valence electrons. The van der Waals surface area contributed by atoms with Gasteiger partial charge in [-0.05, 0) is 12.3 Å². The van der Waals surface area contributed by atoms with Gasteiger partial charge in [0.05, 0.1) is 126 Å². The van der Waals surface area contributed by atoms with E-state index in [2.05, 4.69) is 13.8 Å². The molecule has 0 saturated carbocycles. The van der Waals surface area contributed by atoms with Crippen molar-refractivity contribution in [1.29, 1.82) is 0 Å². The van der Waals surface area contributed by atoms with Crippen molar-refractivity contribution in [1.82, 2.24) is 0 Å². The van der Waals surface area contributed by atoms with Crippen LogP contribution in [0.3, 0.4) is 0 Å². The Morgan fingerprint density at radius 1 is 0.300 bits per heavy atom. The molecule has 0 spiro atoms. The fourth-order valence-corrected chi connectivity index (χ4v) is 6.40. The topological polar surface area (TPSA) is 332 Å². The van der Waals surface area contributed by atoms with Gasteiger partial charge in [-0.2, -0.15) is 0 Å². The summed E-state index contributed by atoms with van der Waals surface area (Å²) in [5, 5.41) is 108. The van der Waals surface area contributed by atoms with Gasteiger partial charge < -0.3 is 104 Å². The molecule has 0 saturated heterocycles. The van der Waals surface area contributed by atoms with Crippen molar-refractivity contribution in [2.45, 2.75) is 165 Å². The molecule has 70 heavy (non-hydrogen) atoms. The van der Waals surface area contributed by atoms with Crippen molar-refractivity contribution >= 4 is 5.97 Å². The molecule has 0 rings (SSSR count). The number of aliphatic hydroxyl groups excluding tert-OH is 11. The van der Waals surface area contributed by atoms with Crippen LogP contribution in [0.2, 0.25) is 0 Å². The molecule has 10 atom stereocenters. The predicted molar refractivity (Wildman–Crippen MR) is 255 cm³/mol. The second-order valence-corrected chi connectivity index (χ2v) is 18.4. The van der Waals surface area contributed by atoms with Gasteiger partial charge in [0.25, 0.3) is 0 Å². The van der Waals surface area contributed by atoms with E-state index in [0.29, 0.717) is 6.42 Å². The molecule has 0 radical (unpaired) electrons. The van der Waals surface area contributed by atoms with Crippen LogP contribution in [0, 0.1) is 5.92 Å². The van der Waals surface area contributed by atoms with Crippen molar-refractivity contribution in [2.75, 3.05) is 132 Å². The largest absolute Gasteiger partial charge is 0.463 e. The molecule has 0 aliphatic heterocycles. The third-order valence-corrected chi connectivity index (χ3v) is 10.1. The van der Waals surface area contributed by atoms with Gasteiger partial charge in [0, 0.05) is 6.42 Å². The highest BCUT2D eigenvalue weighted by atomic mass is 16.6. The van der Waals surface area contributed by atoms with E-state index in [1.165, 1.54) is 64.2 Å². The minimum Gasteiger partial charge on any atom is -0.463 e. The van der Waals surface area contributed by atoms with Gasteiger partial charge >= 0.3 is 5.97 Å². The summed E-state index contributed by atoms with van der Waals surface area (Å²) in [5.41, 5.74) is 0. The number of carbonyl (C=O) groups is 1. The molecule has 0 aromatic heterocycles. The molecule has 0 aromatic rings. The van der Waals surface area contributed by atoms with Crippen molar-refractivity contribution < 1.29 is 108 Å². The minimum absolute atomic E-state index is 0.126. The van der Waals surface area contributed by atoms with Crippen molar-refractivity contribution in [3.05, 3.63) is 0 Å². The maximum atomic E-state index is 12.0. The first kappa shape index (κ1) is 68.7. The zero-order chi connectivity index (χ0) is 52.0. The number of hydrogen-bond donors (Lipinski definition) is 11. The van der Waals surface area contributed by atoms with E-state index in [4.69, 9.17) is 52.5 Å². The zero-order valence-corrected chi connectivity index (χ0v) is 42.3. The van der Waals surface area contributed by atoms with Gasteiger partial charge in [-0.3, -0.25) is 4.79 Å². The van der Waals surface area contributed by atoms with E-state index in [1.54, 1.807) is 0 Å². The van der Waals surface area contributed by atoms with Crippen LogP contribution in [-0.2, 0) is 52.2 Å². The van der Waals surface area contributed by atoms with E-state index >= 15 is 0 Å². The lowest BCUT2D eigenvalue weighted by molar-refractivity contribution is -0.148. The maximum absolute atomic E-state index is 12.0. The summed E-state index contributed by atoms with van der Waals surface area (Å²) in [6.07, 6.45) is 5.78. The van der Waals surface area contributed by atoms with Crippen LogP contribution < -0.4 is 0 Å². The molecule has 0 fully saturated rings. The van der Waals surface area contributed by atoms with Crippen LogP contribution in [0.15, 0.2) is 0 Å². The predicted octanol–water partition coefficient (Wildman–Crippen LogP) is -0.602. The van der Waals surface area contributed by atoms with Gasteiger partial charge in [-0.25, -0.2) is 0 Å². The monoisotopic (exact) mass is 1020 g/mol. The van der Waals surface area contributed by atoms with E-state index in [1.807, 2.05) is 0 Å². The number of ether oxygens (including phenoxy) is 10. The molecular formula is C48H96O22. The van der Waals surface area contributed by atoms with Gasteiger partial charge in [0.2, 0.25) is 0 Å². The Morgan fingerprint density at radius 3 is 0.729 bits per heavy atom. The first-order valence-electron chi connectivity index (χ1n) is 25.4. The molecule has 11 N–H and O–H groups in total.